The Morgan fingerprint density at radius 1 is 0.860 bits per heavy atom. The lowest BCUT2D eigenvalue weighted by atomic mass is 9.68. The molecule has 1 saturated heterocycles. The van der Waals surface area contributed by atoms with Gasteiger partial charge in [-0.05, 0) is 72.4 Å². The highest BCUT2D eigenvalue weighted by molar-refractivity contribution is 5.69. The number of rotatable bonds is 8. The van der Waals surface area contributed by atoms with Gasteiger partial charge >= 0.3 is 0 Å². The van der Waals surface area contributed by atoms with Crippen LogP contribution in [0.4, 0.5) is 5.69 Å². The van der Waals surface area contributed by atoms with Crippen LogP contribution >= 0.6 is 0 Å². The number of nitrogens with zero attached hydrogens (tertiary/aromatic N) is 2. The molecule has 2 fully saturated rings. The van der Waals surface area contributed by atoms with Crippen molar-refractivity contribution in [2.45, 2.75) is 100.0 Å². The van der Waals surface area contributed by atoms with Crippen molar-refractivity contribution in [2.75, 3.05) is 31.1 Å². The SMILES string of the molecule is C=C/C(=C\C=C/C)C1(C)CCC(N2CCN(c3ccc(-c4ccc(C(=C)N)cc4)cc3)CC2)CC1.CC.CC.CCCC. The van der Waals surface area contributed by atoms with Gasteiger partial charge in [-0.2, -0.15) is 0 Å². The average molecular weight is 586 g/mol. The van der Waals surface area contributed by atoms with E-state index in [9.17, 15) is 0 Å². The van der Waals surface area contributed by atoms with E-state index >= 15 is 0 Å². The van der Waals surface area contributed by atoms with E-state index in [1.165, 1.54) is 60.9 Å². The van der Waals surface area contributed by atoms with Crippen molar-refractivity contribution in [3.8, 4) is 11.1 Å². The summed E-state index contributed by atoms with van der Waals surface area (Å²) >= 11 is 0. The number of hydrogen-bond donors (Lipinski definition) is 1. The summed E-state index contributed by atoms with van der Waals surface area (Å²) in [6.45, 7) is 29.2. The maximum Gasteiger partial charge on any atom is 0.0367 e. The van der Waals surface area contributed by atoms with Crippen molar-refractivity contribution >= 4 is 11.4 Å². The lowest BCUT2D eigenvalue weighted by Crippen LogP contribution is -2.51. The molecule has 4 rings (SSSR count). The van der Waals surface area contributed by atoms with Gasteiger partial charge in [-0.3, -0.25) is 4.90 Å². The van der Waals surface area contributed by atoms with Gasteiger partial charge in [0.05, 0.1) is 0 Å². The Hall–Kier alpha value is -3.04. The van der Waals surface area contributed by atoms with E-state index in [-0.39, 0.29) is 5.41 Å². The summed E-state index contributed by atoms with van der Waals surface area (Å²) in [4.78, 5) is 5.27. The van der Waals surface area contributed by atoms with Crippen LogP contribution in [0, 0.1) is 5.41 Å². The molecular formula is C40H63N3. The highest BCUT2D eigenvalue weighted by Gasteiger charge is 2.35. The molecular weight excluding hydrogens is 522 g/mol. The molecule has 0 unspecified atom stereocenters. The normalized spacial score (nSPS) is 20.5. The first-order chi connectivity index (χ1) is 20.8. The van der Waals surface area contributed by atoms with Gasteiger partial charge in [0.25, 0.3) is 0 Å². The molecule has 1 heterocycles. The fourth-order valence-electron chi connectivity index (χ4n) is 5.70. The molecule has 238 valence electrons. The molecule has 0 aromatic heterocycles. The van der Waals surface area contributed by atoms with Gasteiger partial charge in [0, 0.05) is 43.6 Å². The molecule has 1 saturated carbocycles. The van der Waals surface area contributed by atoms with Crippen LogP contribution in [0.25, 0.3) is 16.8 Å². The van der Waals surface area contributed by atoms with Crippen molar-refractivity contribution < 1.29 is 0 Å². The molecule has 2 aromatic carbocycles. The standard InChI is InChI=1S/C32H41N3.C4H10.2C2H6/c1-5-7-8-29(6-2)32(4)19-17-31(18-20-32)35-23-21-34(22-24-35)30-15-13-28(14-16-30)27-11-9-26(10-12-27)25(3)33;1-3-4-2;2*1-2/h5-16,31H,2-3,17-24,33H2,1,4H3;3-4H2,1-2H3;2*1-2H3/b7-5-,29-8+;;;. The zero-order valence-electron chi connectivity index (χ0n) is 29.0. The predicted octanol–water partition coefficient (Wildman–Crippen LogP) is 10.9. The summed E-state index contributed by atoms with van der Waals surface area (Å²) in [7, 11) is 0. The van der Waals surface area contributed by atoms with Crippen molar-refractivity contribution in [3.63, 3.8) is 0 Å². The molecule has 3 nitrogen and oxygen atoms in total. The Morgan fingerprint density at radius 2 is 1.35 bits per heavy atom. The number of piperazine rings is 1. The van der Waals surface area contributed by atoms with Gasteiger partial charge in [0.2, 0.25) is 0 Å². The first-order valence-electron chi connectivity index (χ1n) is 16.9. The maximum atomic E-state index is 5.80. The van der Waals surface area contributed by atoms with Gasteiger partial charge in [0.1, 0.15) is 0 Å². The zero-order chi connectivity index (χ0) is 32.3. The van der Waals surface area contributed by atoms with E-state index in [2.05, 4.69) is 111 Å². The van der Waals surface area contributed by atoms with Gasteiger partial charge < -0.3 is 10.6 Å². The Kier molecular flexibility index (Phi) is 18.4. The van der Waals surface area contributed by atoms with Crippen molar-refractivity contribution in [2.24, 2.45) is 11.1 Å². The van der Waals surface area contributed by atoms with E-state index in [4.69, 9.17) is 5.73 Å². The van der Waals surface area contributed by atoms with Crippen LogP contribution in [0.5, 0.6) is 0 Å². The van der Waals surface area contributed by atoms with Gasteiger partial charge in [-0.15, -0.1) is 0 Å². The van der Waals surface area contributed by atoms with Crippen LogP contribution in [0.1, 0.15) is 99.5 Å². The number of unbranched alkanes of at least 4 members (excludes halogenated alkanes) is 1. The Bertz CT molecular complexity index is 1090. The van der Waals surface area contributed by atoms with Crippen molar-refractivity contribution in [1.82, 2.24) is 4.90 Å². The van der Waals surface area contributed by atoms with Crippen LogP contribution in [0.15, 0.2) is 91.6 Å². The highest BCUT2D eigenvalue weighted by atomic mass is 15.3. The molecule has 0 atom stereocenters. The fourth-order valence-corrected chi connectivity index (χ4v) is 5.70. The molecule has 0 amide bonds. The first kappa shape index (κ1) is 38.0. The van der Waals surface area contributed by atoms with Crippen molar-refractivity contribution in [1.29, 1.82) is 0 Å². The van der Waals surface area contributed by atoms with Gasteiger partial charge in [-0.1, -0.05) is 135 Å². The minimum Gasteiger partial charge on any atom is -0.399 e. The van der Waals surface area contributed by atoms with Crippen LogP contribution in [-0.4, -0.2) is 37.1 Å². The van der Waals surface area contributed by atoms with Crippen molar-refractivity contribution in [3.05, 3.63) is 97.1 Å². The molecule has 2 aliphatic rings. The molecule has 1 aliphatic heterocycles. The largest absolute Gasteiger partial charge is 0.399 e. The summed E-state index contributed by atoms with van der Waals surface area (Å²) in [5.41, 5.74) is 12.8. The monoisotopic (exact) mass is 586 g/mol. The second kappa shape index (κ2) is 20.8. The second-order valence-electron chi connectivity index (χ2n) is 11.3. The predicted molar refractivity (Wildman–Crippen MR) is 196 cm³/mol. The topological polar surface area (TPSA) is 32.5 Å². The van der Waals surface area contributed by atoms with Crippen LogP contribution in [0.3, 0.4) is 0 Å². The number of anilines is 1. The molecule has 2 aromatic rings. The third-order valence-corrected chi connectivity index (χ3v) is 8.60. The summed E-state index contributed by atoms with van der Waals surface area (Å²) in [5, 5.41) is 0. The van der Waals surface area contributed by atoms with E-state index in [1.807, 2.05) is 39.8 Å². The molecule has 1 aliphatic carbocycles. The maximum absolute atomic E-state index is 5.80. The van der Waals surface area contributed by atoms with E-state index in [0.29, 0.717) is 11.7 Å². The van der Waals surface area contributed by atoms with Gasteiger partial charge in [-0.25, -0.2) is 0 Å². The number of nitrogens with two attached hydrogens (primary N) is 1. The highest BCUT2D eigenvalue weighted by Crippen LogP contribution is 2.44. The molecule has 0 bridgehead atoms. The molecule has 2 N–H and O–H groups in total. The third kappa shape index (κ3) is 11.5. The fraction of sp³-hybridized carbons (Fsp3) is 0.500. The Balaban J connectivity index is 0.00000105. The first-order valence-corrected chi connectivity index (χ1v) is 16.9. The quantitative estimate of drug-likeness (QED) is 0.313. The van der Waals surface area contributed by atoms with E-state index < -0.39 is 0 Å². The summed E-state index contributed by atoms with van der Waals surface area (Å²) in [6, 6.07) is 18.0. The van der Waals surface area contributed by atoms with E-state index in [0.717, 1.165) is 31.7 Å². The average Bonchev–Trinajstić information content (AvgIpc) is 3.07. The lowest BCUT2D eigenvalue weighted by Gasteiger charge is -2.45. The van der Waals surface area contributed by atoms with E-state index in [1.54, 1.807) is 0 Å². The minimum absolute atomic E-state index is 0.264. The minimum atomic E-state index is 0.264. The molecule has 3 heteroatoms. The zero-order valence-corrected chi connectivity index (χ0v) is 29.0. The number of allylic oxidation sites excluding steroid dienone is 5. The Morgan fingerprint density at radius 3 is 1.77 bits per heavy atom. The summed E-state index contributed by atoms with van der Waals surface area (Å²) < 4.78 is 0. The Labute approximate surface area is 266 Å². The molecule has 0 radical (unpaired) electrons. The number of benzene rings is 2. The van der Waals surface area contributed by atoms with Crippen LogP contribution in [-0.2, 0) is 0 Å². The second-order valence-corrected chi connectivity index (χ2v) is 11.3. The molecule has 43 heavy (non-hydrogen) atoms. The smallest absolute Gasteiger partial charge is 0.0367 e. The van der Waals surface area contributed by atoms with Crippen LogP contribution < -0.4 is 10.6 Å². The third-order valence-electron chi connectivity index (χ3n) is 8.60. The van der Waals surface area contributed by atoms with Crippen LogP contribution in [0.2, 0.25) is 0 Å². The molecule has 0 spiro atoms. The summed E-state index contributed by atoms with van der Waals surface area (Å²) in [6.07, 6.45) is 16.3. The lowest BCUT2D eigenvalue weighted by molar-refractivity contribution is 0.110. The summed E-state index contributed by atoms with van der Waals surface area (Å²) in [5.74, 6) is 0. The number of hydrogen-bond acceptors (Lipinski definition) is 3. The van der Waals surface area contributed by atoms with Gasteiger partial charge in [0.15, 0.2) is 0 Å².